The molecule has 0 N–H and O–H groups in total. The average Bonchev–Trinajstić information content (AvgIpc) is 2.58. The molecule has 3 aromatic rings. The minimum Gasteiger partial charge on any atom is -0.497 e. The molecule has 0 aliphatic rings. The van der Waals surface area contributed by atoms with Crippen LogP contribution in [0.3, 0.4) is 0 Å². The molecule has 10 heteroatoms. The molecule has 3 rings (SSSR count). The molecule has 0 unspecified atom stereocenters. The number of methoxy groups -OCH3 is 1. The number of halogens is 2. The van der Waals surface area contributed by atoms with Crippen LogP contribution in [-0.2, 0) is 16.4 Å². The first kappa shape index (κ1) is 18.6. The molecular weight excluding hydrogens is 401 g/mol. The molecule has 2 aromatic heterocycles. The highest BCUT2D eigenvalue weighted by molar-refractivity contribution is 7.89. The molecule has 0 amide bonds. The van der Waals surface area contributed by atoms with Gasteiger partial charge in [0.25, 0.3) is 15.6 Å². The smallest absolute Gasteiger partial charge is 0.289 e. The number of nitrogens with zero attached hydrogens (tertiary/aromatic N) is 3. The van der Waals surface area contributed by atoms with Gasteiger partial charge in [-0.25, -0.2) is 8.42 Å². The quantitative estimate of drug-likeness (QED) is 0.652. The molecule has 0 atom stereocenters. The van der Waals surface area contributed by atoms with Gasteiger partial charge >= 0.3 is 0 Å². The van der Waals surface area contributed by atoms with E-state index in [1.165, 1.54) is 25.6 Å². The Morgan fingerprint density at radius 1 is 1.15 bits per heavy atom. The molecule has 2 heterocycles. The van der Waals surface area contributed by atoms with Crippen molar-refractivity contribution < 1.29 is 13.2 Å². The number of benzene rings is 1. The summed E-state index contributed by atoms with van der Waals surface area (Å²) in [5, 5.41) is 5.33. The highest BCUT2D eigenvalue weighted by Crippen LogP contribution is 2.28. The molecule has 1 aromatic carbocycles. The van der Waals surface area contributed by atoms with Crippen LogP contribution in [0.4, 0.5) is 0 Å². The summed E-state index contributed by atoms with van der Waals surface area (Å²) in [6.07, 6.45) is 3.89. The predicted molar refractivity (Wildman–Crippen MR) is 99.9 cm³/mol. The van der Waals surface area contributed by atoms with Crippen molar-refractivity contribution in [2.75, 3.05) is 13.4 Å². The van der Waals surface area contributed by atoms with Gasteiger partial charge < -0.3 is 4.74 Å². The fourth-order valence-corrected chi connectivity index (χ4v) is 3.67. The van der Waals surface area contributed by atoms with Gasteiger partial charge in [0.05, 0.1) is 34.5 Å². The Bertz CT molecular complexity index is 1160. The first-order valence-corrected chi connectivity index (χ1v) is 9.91. The van der Waals surface area contributed by atoms with Gasteiger partial charge in [0.2, 0.25) is 0 Å². The van der Waals surface area contributed by atoms with Gasteiger partial charge in [0.1, 0.15) is 5.75 Å². The third-order valence-electron chi connectivity index (χ3n) is 3.76. The highest BCUT2D eigenvalue weighted by Gasteiger charge is 2.19. The Labute approximate surface area is 159 Å². The second kappa shape index (κ2) is 6.86. The van der Waals surface area contributed by atoms with Crippen molar-refractivity contribution in [1.29, 1.82) is 0 Å². The van der Waals surface area contributed by atoms with Gasteiger partial charge in [-0.3, -0.25) is 9.78 Å². The van der Waals surface area contributed by atoms with E-state index < -0.39 is 15.6 Å². The zero-order valence-corrected chi connectivity index (χ0v) is 16.1. The van der Waals surface area contributed by atoms with Crippen LogP contribution in [0, 0.1) is 0 Å². The minimum atomic E-state index is -3.91. The fourth-order valence-electron chi connectivity index (χ4n) is 2.52. The summed E-state index contributed by atoms with van der Waals surface area (Å²) in [6, 6.07) is 4.78. The molecule has 0 aliphatic carbocycles. The molecule has 26 heavy (non-hydrogen) atoms. The Morgan fingerprint density at radius 3 is 2.38 bits per heavy atom. The van der Waals surface area contributed by atoms with E-state index in [0.717, 1.165) is 6.26 Å². The highest BCUT2D eigenvalue weighted by atomic mass is 35.5. The van der Waals surface area contributed by atoms with Crippen LogP contribution in [0.1, 0.15) is 11.3 Å². The summed E-state index contributed by atoms with van der Waals surface area (Å²) in [5.41, 5.74) is 0.117. The second-order valence-corrected chi connectivity index (χ2v) is 8.15. The van der Waals surface area contributed by atoms with E-state index >= 15 is 0 Å². The summed E-state index contributed by atoms with van der Waals surface area (Å²) < 4.78 is 29.6. The maximum atomic E-state index is 12.6. The number of rotatable bonds is 4. The zero-order valence-electron chi connectivity index (χ0n) is 13.7. The first-order chi connectivity index (χ1) is 12.2. The third-order valence-corrected chi connectivity index (χ3v) is 5.29. The summed E-state index contributed by atoms with van der Waals surface area (Å²) in [4.78, 5) is 16.5. The Morgan fingerprint density at radius 2 is 1.81 bits per heavy atom. The van der Waals surface area contributed by atoms with Crippen molar-refractivity contribution in [3.63, 3.8) is 0 Å². The van der Waals surface area contributed by atoms with E-state index in [-0.39, 0.29) is 11.8 Å². The molecule has 0 radical (unpaired) electrons. The predicted octanol–water partition coefficient (Wildman–Crippen LogP) is 2.51. The standard InChI is InChI=1S/C16H13Cl2N3O4S/c1-25-9-3-4-10-11(5-9)16(22)21(26(2,23)24)20-15(10)6-12-13(17)7-19-8-14(12)18/h3-5,7-8H,6H2,1-2H3. The first-order valence-electron chi connectivity index (χ1n) is 7.30. The van der Waals surface area contributed by atoms with Gasteiger partial charge in [-0.15, -0.1) is 4.09 Å². The van der Waals surface area contributed by atoms with Gasteiger partial charge in [-0.1, -0.05) is 23.2 Å². The normalized spacial score (nSPS) is 11.7. The Hall–Kier alpha value is -2.16. The summed E-state index contributed by atoms with van der Waals surface area (Å²) in [7, 11) is -2.45. The summed E-state index contributed by atoms with van der Waals surface area (Å²) in [6.45, 7) is 0. The molecule has 0 saturated carbocycles. The van der Waals surface area contributed by atoms with Crippen LogP contribution in [0.25, 0.3) is 10.8 Å². The van der Waals surface area contributed by atoms with Crippen LogP contribution >= 0.6 is 23.2 Å². The van der Waals surface area contributed by atoms with Crippen molar-refractivity contribution in [1.82, 2.24) is 14.2 Å². The van der Waals surface area contributed by atoms with Crippen LogP contribution in [0.15, 0.2) is 35.4 Å². The van der Waals surface area contributed by atoms with Gasteiger partial charge in [0, 0.05) is 24.2 Å². The van der Waals surface area contributed by atoms with Gasteiger partial charge in [0.15, 0.2) is 0 Å². The van der Waals surface area contributed by atoms with E-state index in [9.17, 15) is 13.2 Å². The van der Waals surface area contributed by atoms with E-state index in [2.05, 4.69) is 10.1 Å². The number of aromatic nitrogens is 3. The number of hydrogen-bond donors (Lipinski definition) is 0. The van der Waals surface area contributed by atoms with Crippen molar-refractivity contribution in [2.24, 2.45) is 0 Å². The van der Waals surface area contributed by atoms with Crippen molar-refractivity contribution in [2.45, 2.75) is 6.42 Å². The molecule has 0 bridgehead atoms. The molecule has 0 fully saturated rings. The molecular formula is C16H13Cl2N3O4S. The topological polar surface area (TPSA) is 91.2 Å². The molecule has 136 valence electrons. The molecule has 0 saturated heterocycles. The number of fused-ring (bicyclic) bond motifs is 1. The molecule has 7 nitrogen and oxygen atoms in total. The number of ether oxygens (including phenoxy) is 1. The summed E-state index contributed by atoms with van der Waals surface area (Å²) in [5.74, 6) is 0.423. The number of pyridine rings is 1. The fraction of sp³-hybridized carbons (Fsp3) is 0.188. The van der Waals surface area contributed by atoms with Crippen molar-refractivity contribution in [3.8, 4) is 5.75 Å². The van der Waals surface area contributed by atoms with Crippen LogP contribution < -0.4 is 10.3 Å². The Balaban J connectivity index is 2.34. The largest absolute Gasteiger partial charge is 0.497 e. The maximum absolute atomic E-state index is 12.6. The lowest BCUT2D eigenvalue weighted by molar-refractivity contribution is 0.415. The lowest BCUT2D eigenvalue weighted by atomic mass is 10.1. The van der Waals surface area contributed by atoms with E-state index in [0.29, 0.717) is 36.5 Å². The van der Waals surface area contributed by atoms with Crippen LogP contribution in [0.5, 0.6) is 5.75 Å². The van der Waals surface area contributed by atoms with Gasteiger partial charge in [-0.05, 0) is 23.8 Å². The average molecular weight is 414 g/mol. The Kier molecular flexibility index (Phi) is 4.92. The maximum Gasteiger partial charge on any atom is 0.289 e. The van der Waals surface area contributed by atoms with E-state index in [1.807, 2.05) is 0 Å². The van der Waals surface area contributed by atoms with E-state index in [4.69, 9.17) is 27.9 Å². The zero-order chi connectivity index (χ0) is 19.1. The lowest BCUT2D eigenvalue weighted by Crippen LogP contribution is -2.30. The second-order valence-electron chi connectivity index (χ2n) is 5.53. The van der Waals surface area contributed by atoms with Crippen molar-refractivity contribution in [3.05, 3.63) is 62.2 Å². The van der Waals surface area contributed by atoms with E-state index in [1.54, 1.807) is 12.1 Å². The van der Waals surface area contributed by atoms with Crippen molar-refractivity contribution >= 4 is 44.0 Å². The molecule has 0 aliphatic heterocycles. The van der Waals surface area contributed by atoms with Crippen LogP contribution in [-0.4, -0.2) is 36.0 Å². The monoisotopic (exact) mass is 413 g/mol. The SMILES string of the molecule is COc1ccc2c(Cc3c(Cl)cncc3Cl)nn(S(C)(=O)=O)c(=O)c2c1. The minimum absolute atomic E-state index is 0.124. The third kappa shape index (κ3) is 3.40. The lowest BCUT2D eigenvalue weighted by Gasteiger charge is -2.12. The molecule has 0 spiro atoms. The van der Waals surface area contributed by atoms with Crippen LogP contribution in [0.2, 0.25) is 10.0 Å². The summed E-state index contributed by atoms with van der Waals surface area (Å²) >= 11 is 12.3. The van der Waals surface area contributed by atoms with Gasteiger partial charge in [-0.2, -0.15) is 5.10 Å². The number of hydrogen-bond acceptors (Lipinski definition) is 6.